The number of nitrogens with zero attached hydrogens (tertiary/aromatic N) is 3. The summed E-state index contributed by atoms with van der Waals surface area (Å²) < 4.78 is 5.41. The number of carbonyl (C=O) groups is 1. The van der Waals surface area contributed by atoms with Crippen LogP contribution in [-0.2, 0) is 11.2 Å². The van der Waals surface area contributed by atoms with Gasteiger partial charge in [-0.25, -0.2) is 0 Å². The number of hydrogen-bond donors (Lipinski definition) is 0. The van der Waals surface area contributed by atoms with Crippen LogP contribution < -0.4 is 4.90 Å². The van der Waals surface area contributed by atoms with Gasteiger partial charge in [-0.3, -0.25) is 14.8 Å². The SMILES string of the molecule is Cc1cccc(C(=O)Cc2ccnc(-c3ccc(N4CCOCC4)cc3)c2)n1. The van der Waals surface area contributed by atoms with Gasteiger partial charge in [-0.1, -0.05) is 18.2 Å². The zero-order valence-electron chi connectivity index (χ0n) is 16.0. The Morgan fingerprint density at radius 2 is 1.86 bits per heavy atom. The summed E-state index contributed by atoms with van der Waals surface area (Å²) in [4.78, 5) is 23.7. The minimum Gasteiger partial charge on any atom is -0.378 e. The predicted molar refractivity (Wildman–Crippen MR) is 110 cm³/mol. The maximum atomic E-state index is 12.5. The lowest BCUT2D eigenvalue weighted by Crippen LogP contribution is -2.36. The molecular weight excluding hydrogens is 350 g/mol. The first-order chi connectivity index (χ1) is 13.7. The summed E-state index contributed by atoms with van der Waals surface area (Å²) in [6.45, 7) is 5.27. The minimum atomic E-state index is 0.0171. The fourth-order valence-electron chi connectivity index (χ4n) is 3.38. The van der Waals surface area contributed by atoms with Crippen LogP contribution in [0.2, 0.25) is 0 Å². The van der Waals surface area contributed by atoms with Crippen molar-refractivity contribution in [3.05, 3.63) is 77.7 Å². The standard InChI is InChI=1S/C23H23N3O2/c1-17-3-2-4-21(25-17)23(27)16-18-9-10-24-22(15-18)19-5-7-20(8-6-19)26-11-13-28-14-12-26/h2-10,15H,11-14,16H2,1H3. The maximum Gasteiger partial charge on any atom is 0.185 e. The molecule has 0 bridgehead atoms. The first kappa shape index (κ1) is 18.3. The van der Waals surface area contributed by atoms with E-state index in [0.29, 0.717) is 12.1 Å². The highest BCUT2D eigenvalue weighted by Crippen LogP contribution is 2.23. The number of rotatable bonds is 5. The van der Waals surface area contributed by atoms with Crippen molar-refractivity contribution in [3.8, 4) is 11.3 Å². The quantitative estimate of drug-likeness (QED) is 0.638. The Hall–Kier alpha value is -3.05. The molecule has 0 saturated carbocycles. The van der Waals surface area contributed by atoms with Crippen LogP contribution in [0.15, 0.2) is 60.8 Å². The van der Waals surface area contributed by atoms with E-state index in [2.05, 4.69) is 39.1 Å². The van der Waals surface area contributed by atoms with Gasteiger partial charge in [0.15, 0.2) is 5.78 Å². The molecule has 0 atom stereocenters. The number of aromatic nitrogens is 2. The molecule has 28 heavy (non-hydrogen) atoms. The molecule has 3 heterocycles. The van der Waals surface area contributed by atoms with E-state index in [-0.39, 0.29) is 5.78 Å². The Bertz CT molecular complexity index is 964. The van der Waals surface area contributed by atoms with Crippen LogP contribution in [0.25, 0.3) is 11.3 Å². The number of aryl methyl sites for hydroxylation is 1. The van der Waals surface area contributed by atoms with Gasteiger partial charge < -0.3 is 9.64 Å². The van der Waals surface area contributed by atoms with Crippen LogP contribution in [0.4, 0.5) is 5.69 Å². The summed E-state index contributed by atoms with van der Waals surface area (Å²) >= 11 is 0. The summed E-state index contributed by atoms with van der Waals surface area (Å²) in [6, 6.07) is 17.8. The minimum absolute atomic E-state index is 0.0171. The van der Waals surface area contributed by atoms with E-state index < -0.39 is 0 Å². The molecule has 4 rings (SSSR count). The Morgan fingerprint density at radius 1 is 1.07 bits per heavy atom. The molecule has 0 amide bonds. The highest BCUT2D eigenvalue weighted by atomic mass is 16.5. The molecule has 0 N–H and O–H groups in total. The molecule has 3 aromatic rings. The van der Waals surface area contributed by atoms with Crippen LogP contribution in [0.5, 0.6) is 0 Å². The number of ketones is 1. The zero-order chi connectivity index (χ0) is 19.3. The van der Waals surface area contributed by atoms with Gasteiger partial charge in [0.05, 0.1) is 18.9 Å². The second-order valence-corrected chi connectivity index (χ2v) is 6.96. The first-order valence-electron chi connectivity index (χ1n) is 9.54. The highest BCUT2D eigenvalue weighted by Gasteiger charge is 2.12. The monoisotopic (exact) mass is 373 g/mol. The Balaban J connectivity index is 1.49. The molecule has 0 spiro atoms. The zero-order valence-corrected chi connectivity index (χ0v) is 16.0. The summed E-state index contributed by atoms with van der Waals surface area (Å²) in [7, 11) is 0. The van der Waals surface area contributed by atoms with Crippen molar-refractivity contribution in [1.82, 2.24) is 9.97 Å². The van der Waals surface area contributed by atoms with Gasteiger partial charge in [-0.15, -0.1) is 0 Å². The van der Waals surface area contributed by atoms with E-state index in [1.807, 2.05) is 31.2 Å². The molecule has 142 valence electrons. The molecule has 5 heteroatoms. The Kier molecular flexibility index (Phi) is 5.44. The van der Waals surface area contributed by atoms with Crippen molar-refractivity contribution in [2.75, 3.05) is 31.2 Å². The van der Waals surface area contributed by atoms with Crippen LogP contribution in [-0.4, -0.2) is 42.1 Å². The molecule has 0 radical (unpaired) electrons. The van der Waals surface area contributed by atoms with E-state index in [1.165, 1.54) is 5.69 Å². The number of pyridine rings is 2. The van der Waals surface area contributed by atoms with Gasteiger partial charge in [-0.05, 0) is 48.9 Å². The lowest BCUT2D eigenvalue weighted by molar-refractivity contribution is 0.0988. The largest absolute Gasteiger partial charge is 0.378 e. The number of benzene rings is 1. The van der Waals surface area contributed by atoms with Gasteiger partial charge in [-0.2, -0.15) is 0 Å². The predicted octanol–water partition coefficient (Wildman–Crippen LogP) is 3.71. The second kappa shape index (κ2) is 8.31. The number of Topliss-reactive ketones (excluding diaryl/α,β-unsaturated/α-hetero) is 1. The van der Waals surface area contributed by atoms with Crippen molar-refractivity contribution in [2.45, 2.75) is 13.3 Å². The van der Waals surface area contributed by atoms with Crippen LogP contribution in [0.1, 0.15) is 21.7 Å². The molecule has 1 aromatic carbocycles. The number of hydrogen-bond acceptors (Lipinski definition) is 5. The summed E-state index contributed by atoms with van der Waals surface area (Å²) in [6.07, 6.45) is 2.08. The van der Waals surface area contributed by atoms with Gasteiger partial charge in [0, 0.05) is 42.7 Å². The van der Waals surface area contributed by atoms with E-state index in [4.69, 9.17) is 4.74 Å². The van der Waals surface area contributed by atoms with Crippen molar-refractivity contribution in [2.24, 2.45) is 0 Å². The molecule has 0 unspecified atom stereocenters. The molecule has 1 aliphatic rings. The van der Waals surface area contributed by atoms with Crippen LogP contribution in [0, 0.1) is 6.92 Å². The van der Waals surface area contributed by atoms with Crippen LogP contribution in [0.3, 0.4) is 0 Å². The van der Waals surface area contributed by atoms with Crippen molar-refractivity contribution in [1.29, 1.82) is 0 Å². The Morgan fingerprint density at radius 3 is 2.61 bits per heavy atom. The molecule has 0 aliphatic carbocycles. The summed E-state index contributed by atoms with van der Waals surface area (Å²) in [5, 5.41) is 0. The number of morpholine rings is 1. The van der Waals surface area contributed by atoms with Crippen molar-refractivity contribution < 1.29 is 9.53 Å². The van der Waals surface area contributed by atoms with Crippen LogP contribution >= 0.6 is 0 Å². The lowest BCUT2D eigenvalue weighted by Gasteiger charge is -2.28. The molecule has 5 nitrogen and oxygen atoms in total. The van der Waals surface area contributed by atoms with E-state index in [0.717, 1.165) is 48.8 Å². The number of anilines is 1. The third kappa shape index (κ3) is 4.26. The summed E-state index contributed by atoms with van der Waals surface area (Å²) in [5.41, 5.74) is 5.41. The van der Waals surface area contributed by atoms with E-state index >= 15 is 0 Å². The van der Waals surface area contributed by atoms with Gasteiger partial charge in [0.25, 0.3) is 0 Å². The maximum absolute atomic E-state index is 12.5. The topological polar surface area (TPSA) is 55.3 Å². The van der Waals surface area contributed by atoms with Gasteiger partial charge in [0.1, 0.15) is 5.69 Å². The Labute approximate surface area is 165 Å². The third-order valence-corrected chi connectivity index (χ3v) is 4.90. The molecule has 1 saturated heterocycles. The average Bonchev–Trinajstić information content (AvgIpc) is 2.75. The first-order valence-corrected chi connectivity index (χ1v) is 9.54. The number of ether oxygens (including phenoxy) is 1. The fraction of sp³-hybridized carbons (Fsp3) is 0.261. The molecule has 2 aromatic heterocycles. The average molecular weight is 373 g/mol. The smallest absolute Gasteiger partial charge is 0.185 e. The van der Waals surface area contributed by atoms with E-state index in [1.54, 1.807) is 12.3 Å². The van der Waals surface area contributed by atoms with Gasteiger partial charge in [0.2, 0.25) is 0 Å². The van der Waals surface area contributed by atoms with E-state index in [9.17, 15) is 4.79 Å². The highest BCUT2D eigenvalue weighted by molar-refractivity contribution is 5.95. The molecular formula is C23H23N3O2. The van der Waals surface area contributed by atoms with Crippen molar-refractivity contribution in [3.63, 3.8) is 0 Å². The lowest BCUT2D eigenvalue weighted by atomic mass is 10.0. The fourth-order valence-corrected chi connectivity index (χ4v) is 3.38. The second-order valence-electron chi connectivity index (χ2n) is 6.96. The number of carbonyl (C=O) groups excluding carboxylic acids is 1. The normalized spacial score (nSPS) is 14.1. The van der Waals surface area contributed by atoms with Gasteiger partial charge >= 0.3 is 0 Å². The molecule has 1 fully saturated rings. The molecule has 1 aliphatic heterocycles. The van der Waals surface area contributed by atoms with Crippen molar-refractivity contribution >= 4 is 11.5 Å². The third-order valence-electron chi connectivity index (χ3n) is 4.90. The summed E-state index contributed by atoms with van der Waals surface area (Å²) in [5.74, 6) is 0.0171.